The van der Waals surface area contributed by atoms with E-state index in [0.717, 1.165) is 22.6 Å². The molecule has 4 aromatic rings. The Morgan fingerprint density at radius 3 is 2.31 bits per heavy atom. The fourth-order valence-electron chi connectivity index (χ4n) is 3.51. The average molecular weight is 473 g/mol. The Morgan fingerprint density at radius 2 is 1.63 bits per heavy atom. The highest BCUT2D eigenvalue weighted by atomic mass is 16.5. The minimum atomic E-state index is -0.190. The summed E-state index contributed by atoms with van der Waals surface area (Å²) in [6, 6.07) is 20.5. The highest BCUT2D eigenvalue weighted by molar-refractivity contribution is 5.94. The molecule has 1 heterocycles. The lowest BCUT2D eigenvalue weighted by Crippen LogP contribution is -2.23. The first-order valence-electron chi connectivity index (χ1n) is 11.2. The molecule has 1 aromatic heterocycles. The summed E-state index contributed by atoms with van der Waals surface area (Å²) >= 11 is 0. The van der Waals surface area contributed by atoms with Gasteiger partial charge in [0.1, 0.15) is 35.3 Å². The van der Waals surface area contributed by atoms with Crippen LogP contribution in [0.25, 0.3) is 11.5 Å². The number of carbonyl (C=O) groups is 1. The van der Waals surface area contributed by atoms with E-state index in [1.54, 1.807) is 32.4 Å². The third-order valence-electron chi connectivity index (χ3n) is 5.62. The van der Waals surface area contributed by atoms with Crippen LogP contribution in [0.1, 0.15) is 32.9 Å². The summed E-state index contributed by atoms with van der Waals surface area (Å²) in [4.78, 5) is 17.2. The van der Waals surface area contributed by atoms with E-state index in [1.807, 2.05) is 62.4 Å². The third-order valence-corrected chi connectivity index (χ3v) is 5.62. The van der Waals surface area contributed by atoms with Crippen LogP contribution in [-0.4, -0.2) is 25.1 Å². The van der Waals surface area contributed by atoms with Gasteiger partial charge >= 0.3 is 0 Å². The van der Waals surface area contributed by atoms with Crippen LogP contribution in [0.5, 0.6) is 17.2 Å². The lowest BCUT2D eigenvalue weighted by Gasteiger charge is -2.11. The van der Waals surface area contributed by atoms with E-state index in [1.165, 1.54) is 5.56 Å². The molecule has 4 rings (SSSR count). The average Bonchev–Trinajstić information content (AvgIpc) is 3.27. The second-order valence-corrected chi connectivity index (χ2v) is 8.06. The van der Waals surface area contributed by atoms with E-state index >= 15 is 0 Å². The Labute approximate surface area is 204 Å². The number of nitrogens with one attached hydrogen (secondary N) is 1. The van der Waals surface area contributed by atoms with Gasteiger partial charge < -0.3 is 23.9 Å². The molecular weight excluding hydrogens is 444 g/mol. The van der Waals surface area contributed by atoms with Gasteiger partial charge in [0.15, 0.2) is 0 Å². The second-order valence-electron chi connectivity index (χ2n) is 8.06. The lowest BCUT2D eigenvalue weighted by atomic mass is 10.1. The maximum absolute atomic E-state index is 12.7. The summed E-state index contributed by atoms with van der Waals surface area (Å²) in [6.45, 7) is 4.54. The normalized spacial score (nSPS) is 10.6. The fraction of sp³-hybridized carbons (Fsp3) is 0.214. The Morgan fingerprint density at radius 1 is 0.914 bits per heavy atom. The van der Waals surface area contributed by atoms with E-state index in [0.29, 0.717) is 41.9 Å². The molecule has 7 heteroatoms. The molecule has 0 fully saturated rings. The van der Waals surface area contributed by atoms with Crippen molar-refractivity contribution in [2.24, 2.45) is 0 Å². The minimum Gasteiger partial charge on any atom is -0.497 e. The largest absolute Gasteiger partial charge is 0.497 e. The van der Waals surface area contributed by atoms with Gasteiger partial charge in [0, 0.05) is 29.3 Å². The van der Waals surface area contributed by atoms with Gasteiger partial charge in [-0.1, -0.05) is 17.7 Å². The number of nitrogens with zero attached hydrogens (tertiary/aromatic N) is 1. The molecular formula is C28H28N2O5. The van der Waals surface area contributed by atoms with Crippen molar-refractivity contribution in [3.63, 3.8) is 0 Å². The van der Waals surface area contributed by atoms with Gasteiger partial charge in [-0.2, -0.15) is 0 Å². The SMILES string of the molecule is COc1ccc(CNC(=O)c2ccc(-c3nc(COc4ccc(C)cc4)c(C)o3)cc2)c(OC)c1. The van der Waals surface area contributed by atoms with Crippen LogP contribution < -0.4 is 19.5 Å². The van der Waals surface area contributed by atoms with Gasteiger partial charge in [-0.25, -0.2) is 4.98 Å². The van der Waals surface area contributed by atoms with Gasteiger partial charge in [0.25, 0.3) is 5.91 Å². The van der Waals surface area contributed by atoms with E-state index < -0.39 is 0 Å². The van der Waals surface area contributed by atoms with Crippen molar-refractivity contribution < 1.29 is 23.4 Å². The fourth-order valence-corrected chi connectivity index (χ4v) is 3.51. The Kier molecular flexibility index (Phi) is 7.35. The maximum atomic E-state index is 12.7. The molecule has 0 unspecified atom stereocenters. The minimum absolute atomic E-state index is 0.190. The summed E-state index contributed by atoms with van der Waals surface area (Å²) in [7, 11) is 3.18. The molecule has 0 saturated carbocycles. The molecule has 7 nitrogen and oxygen atoms in total. The van der Waals surface area contributed by atoms with Crippen molar-refractivity contribution >= 4 is 5.91 Å². The van der Waals surface area contributed by atoms with Crippen LogP contribution in [0.3, 0.4) is 0 Å². The standard InChI is InChI=1S/C28H28N2O5/c1-18-5-12-23(13-6-18)34-17-25-19(2)35-28(30-25)21-9-7-20(8-10-21)27(31)29-16-22-11-14-24(32-3)15-26(22)33-4/h5-15H,16-17H2,1-4H3,(H,29,31). The molecule has 0 aliphatic carbocycles. The van der Waals surface area contributed by atoms with Crippen LogP contribution in [0.2, 0.25) is 0 Å². The molecule has 0 spiro atoms. The monoisotopic (exact) mass is 472 g/mol. The molecule has 3 aromatic carbocycles. The lowest BCUT2D eigenvalue weighted by molar-refractivity contribution is 0.0950. The summed E-state index contributed by atoms with van der Waals surface area (Å²) < 4.78 is 22.3. The third kappa shape index (κ3) is 5.81. The number of benzene rings is 3. The van der Waals surface area contributed by atoms with E-state index in [-0.39, 0.29) is 5.91 Å². The Hall–Kier alpha value is -4.26. The molecule has 0 bridgehead atoms. The van der Waals surface area contributed by atoms with Gasteiger partial charge in [-0.3, -0.25) is 4.79 Å². The van der Waals surface area contributed by atoms with Crippen molar-refractivity contribution in [2.75, 3.05) is 14.2 Å². The zero-order valence-corrected chi connectivity index (χ0v) is 20.3. The quantitative estimate of drug-likeness (QED) is 0.347. The number of methoxy groups -OCH3 is 2. The van der Waals surface area contributed by atoms with Gasteiger partial charge in [0.2, 0.25) is 5.89 Å². The van der Waals surface area contributed by atoms with Crippen molar-refractivity contribution in [1.82, 2.24) is 10.3 Å². The predicted octanol–water partition coefficient (Wildman–Crippen LogP) is 5.48. The molecule has 1 amide bonds. The van der Waals surface area contributed by atoms with Crippen LogP contribution in [-0.2, 0) is 13.2 Å². The smallest absolute Gasteiger partial charge is 0.251 e. The highest BCUT2D eigenvalue weighted by Gasteiger charge is 2.14. The number of oxazole rings is 1. The zero-order valence-electron chi connectivity index (χ0n) is 20.3. The molecule has 0 aliphatic heterocycles. The van der Waals surface area contributed by atoms with Gasteiger partial charge in [0.05, 0.1) is 14.2 Å². The predicted molar refractivity (Wildman–Crippen MR) is 133 cm³/mol. The van der Waals surface area contributed by atoms with Crippen LogP contribution in [0.4, 0.5) is 0 Å². The molecule has 0 atom stereocenters. The van der Waals surface area contributed by atoms with Crippen LogP contribution >= 0.6 is 0 Å². The molecule has 180 valence electrons. The van der Waals surface area contributed by atoms with Crippen molar-refractivity contribution in [3.8, 4) is 28.7 Å². The number of ether oxygens (including phenoxy) is 3. The van der Waals surface area contributed by atoms with Gasteiger partial charge in [-0.15, -0.1) is 0 Å². The number of rotatable bonds is 9. The van der Waals surface area contributed by atoms with Crippen molar-refractivity contribution in [2.45, 2.75) is 27.0 Å². The molecule has 0 radical (unpaired) electrons. The van der Waals surface area contributed by atoms with Gasteiger partial charge in [-0.05, 0) is 62.4 Å². The highest BCUT2D eigenvalue weighted by Crippen LogP contribution is 2.25. The summed E-state index contributed by atoms with van der Waals surface area (Å²) in [5.41, 5.74) is 4.08. The number of aromatic nitrogens is 1. The first kappa shape index (κ1) is 23.9. The first-order valence-corrected chi connectivity index (χ1v) is 11.2. The summed E-state index contributed by atoms with van der Waals surface area (Å²) in [5.74, 6) is 3.12. The summed E-state index contributed by atoms with van der Waals surface area (Å²) in [6.07, 6.45) is 0. The molecule has 0 saturated heterocycles. The number of hydrogen-bond acceptors (Lipinski definition) is 6. The first-order chi connectivity index (χ1) is 17.0. The Bertz CT molecular complexity index is 1290. The van der Waals surface area contributed by atoms with Crippen LogP contribution in [0, 0.1) is 13.8 Å². The summed E-state index contributed by atoms with van der Waals surface area (Å²) in [5, 5.41) is 2.92. The number of carbonyl (C=O) groups excluding carboxylic acids is 1. The van der Waals surface area contributed by atoms with Crippen molar-refractivity contribution in [3.05, 3.63) is 94.9 Å². The topological polar surface area (TPSA) is 82.8 Å². The van der Waals surface area contributed by atoms with E-state index in [4.69, 9.17) is 18.6 Å². The zero-order chi connectivity index (χ0) is 24.8. The number of amides is 1. The number of hydrogen-bond donors (Lipinski definition) is 1. The van der Waals surface area contributed by atoms with E-state index in [2.05, 4.69) is 10.3 Å². The van der Waals surface area contributed by atoms with E-state index in [9.17, 15) is 4.79 Å². The van der Waals surface area contributed by atoms with Crippen LogP contribution in [0.15, 0.2) is 71.1 Å². The maximum Gasteiger partial charge on any atom is 0.251 e. The number of aryl methyl sites for hydroxylation is 2. The molecule has 35 heavy (non-hydrogen) atoms. The molecule has 1 N–H and O–H groups in total. The molecule has 0 aliphatic rings. The van der Waals surface area contributed by atoms with Crippen molar-refractivity contribution in [1.29, 1.82) is 0 Å². The second kappa shape index (κ2) is 10.8. The Balaban J connectivity index is 1.38.